The molecule has 152 valence electrons. The summed E-state index contributed by atoms with van der Waals surface area (Å²) < 4.78 is 0.0189. The minimum absolute atomic E-state index is 0.0144. The van der Waals surface area contributed by atoms with E-state index in [0.717, 1.165) is 25.2 Å². The minimum atomic E-state index is -0.960. The number of thiophene rings is 1. The Kier molecular flexibility index (Phi) is 5.96. The molecule has 1 amide bonds. The summed E-state index contributed by atoms with van der Waals surface area (Å²) in [5.74, 6) is 0. The first-order valence-electron chi connectivity index (χ1n) is 9.87. The third-order valence-corrected chi connectivity index (χ3v) is 7.17. The standard InChI is InChI=1S/C22H31N3O2S/c1-16-14-24(10-11-25(16,21(26)27)22(2,3)4)15-19-8-9-20(28-19)18-7-5-6-17(12-18)13-23/h5-9,12,16H,10-11,13-15,23H2,1-4H3/t16-,25?/m0/s1. The van der Waals surface area contributed by atoms with Gasteiger partial charge in [-0.15, -0.1) is 11.3 Å². The highest BCUT2D eigenvalue weighted by molar-refractivity contribution is 7.15. The predicted molar refractivity (Wildman–Crippen MR) is 113 cm³/mol. The van der Waals surface area contributed by atoms with Crippen LogP contribution in [0.25, 0.3) is 10.4 Å². The number of carbonyl (C=O) groups excluding carboxylic acids is 1. The van der Waals surface area contributed by atoms with Crippen LogP contribution in [0.15, 0.2) is 36.4 Å². The Hall–Kier alpha value is -1.73. The second kappa shape index (κ2) is 7.95. The van der Waals surface area contributed by atoms with Gasteiger partial charge in [0.15, 0.2) is 0 Å². The van der Waals surface area contributed by atoms with Gasteiger partial charge >= 0.3 is 0 Å². The number of amides is 1. The van der Waals surface area contributed by atoms with Gasteiger partial charge in [0, 0.05) is 29.4 Å². The Bertz CT molecular complexity index is 842. The molecule has 2 aromatic rings. The number of carboxylic acid groups (broad SMARTS) is 1. The van der Waals surface area contributed by atoms with Gasteiger partial charge in [0.25, 0.3) is 6.09 Å². The molecule has 1 aliphatic heterocycles. The average molecular weight is 402 g/mol. The molecule has 0 radical (unpaired) electrons. The van der Waals surface area contributed by atoms with Crippen molar-refractivity contribution in [1.82, 2.24) is 4.90 Å². The number of rotatable bonds is 4. The first kappa shape index (κ1) is 21.0. The fourth-order valence-corrected chi connectivity index (χ4v) is 5.55. The number of nitrogens with zero attached hydrogens (tertiary/aromatic N) is 2. The summed E-state index contributed by atoms with van der Waals surface area (Å²) in [5, 5.41) is 12.0. The summed E-state index contributed by atoms with van der Waals surface area (Å²) in [5.41, 5.74) is 7.72. The molecule has 2 N–H and O–H groups in total. The second-order valence-corrected chi connectivity index (χ2v) is 9.95. The molecule has 2 atom stereocenters. The Labute approximate surface area is 172 Å². The fourth-order valence-electron chi connectivity index (χ4n) is 4.50. The third-order valence-electron chi connectivity index (χ3n) is 6.05. The van der Waals surface area contributed by atoms with Gasteiger partial charge in [0.2, 0.25) is 0 Å². The quantitative estimate of drug-likeness (QED) is 0.800. The Morgan fingerprint density at radius 3 is 2.68 bits per heavy atom. The number of piperazine rings is 1. The summed E-state index contributed by atoms with van der Waals surface area (Å²) in [4.78, 5) is 16.9. The zero-order chi connectivity index (χ0) is 20.5. The molecule has 1 saturated heterocycles. The third kappa shape index (κ3) is 3.87. The normalized spacial score (nSPS) is 23.7. The minimum Gasteiger partial charge on any atom is -0.498 e. The number of quaternary nitrogens is 1. The maximum absolute atomic E-state index is 12.0. The number of hydrogen-bond acceptors (Lipinski definition) is 5. The molecule has 1 aliphatic rings. The van der Waals surface area contributed by atoms with Crippen LogP contribution in [-0.2, 0) is 13.1 Å². The molecule has 0 saturated carbocycles. The molecule has 28 heavy (non-hydrogen) atoms. The molecule has 5 nitrogen and oxygen atoms in total. The lowest BCUT2D eigenvalue weighted by Gasteiger charge is -2.55. The first-order chi connectivity index (χ1) is 13.2. The van der Waals surface area contributed by atoms with Crippen LogP contribution in [0.4, 0.5) is 4.79 Å². The van der Waals surface area contributed by atoms with Crippen molar-refractivity contribution in [3.8, 4) is 10.4 Å². The summed E-state index contributed by atoms with van der Waals surface area (Å²) in [6, 6.07) is 12.7. The van der Waals surface area contributed by atoms with Gasteiger partial charge in [0.1, 0.15) is 6.04 Å². The fraction of sp³-hybridized carbons (Fsp3) is 0.500. The van der Waals surface area contributed by atoms with Crippen molar-refractivity contribution in [2.24, 2.45) is 5.73 Å². The lowest BCUT2D eigenvalue weighted by atomic mass is 9.95. The molecule has 0 bridgehead atoms. The van der Waals surface area contributed by atoms with Crippen LogP contribution in [0.2, 0.25) is 0 Å². The largest absolute Gasteiger partial charge is 0.498 e. The Balaban J connectivity index is 1.71. The summed E-state index contributed by atoms with van der Waals surface area (Å²) in [6.07, 6.45) is -0.960. The molecular weight excluding hydrogens is 370 g/mol. The zero-order valence-corrected chi connectivity index (χ0v) is 18.1. The van der Waals surface area contributed by atoms with E-state index in [-0.39, 0.29) is 16.1 Å². The van der Waals surface area contributed by atoms with E-state index in [1.54, 1.807) is 11.3 Å². The lowest BCUT2D eigenvalue weighted by molar-refractivity contribution is -0.943. The number of benzene rings is 1. The molecular formula is C22H31N3O2S. The van der Waals surface area contributed by atoms with Crippen molar-refractivity contribution >= 4 is 17.4 Å². The molecule has 1 unspecified atom stereocenters. The maximum Gasteiger partial charge on any atom is 0.258 e. The van der Waals surface area contributed by atoms with Gasteiger partial charge in [-0.1, -0.05) is 18.2 Å². The van der Waals surface area contributed by atoms with Crippen LogP contribution in [0.1, 0.15) is 38.1 Å². The molecule has 1 aromatic carbocycles. The van der Waals surface area contributed by atoms with Gasteiger partial charge in [-0.25, -0.2) is 0 Å². The van der Waals surface area contributed by atoms with Crippen molar-refractivity contribution in [3.63, 3.8) is 0 Å². The highest BCUT2D eigenvalue weighted by Gasteiger charge is 2.49. The number of hydrogen-bond donors (Lipinski definition) is 1. The van der Waals surface area contributed by atoms with Crippen LogP contribution in [0.5, 0.6) is 0 Å². The van der Waals surface area contributed by atoms with E-state index in [1.165, 1.54) is 15.3 Å². The van der Waals surface area contributed by atoms with Crippen LogP contribution in [0.3, 0.4) is 0 Å². The smallest absolute Gasteiger partial charge is 0.258 e. The maximum atomic E-state index is 12.0. The predicted octanol–water partition coefficient (Wildman–Crippen LogP) is 3.04. The lowest BCUT2D eigenvalue weighted by Crippen LogP contribution is -2.76. The van der Waals surface area contributed by atoms with Crippen LogP contribution in [-0.4, -0.2) is 46.7 Å². The van der Waals surface area contributed by atoms with E-state index >= 15 is 0 Å². The summed E-state index contributed by atoms with van der Waals surface area (Å²) in [7, 11) is 0. The van der Waals surface area contributed by atoms with Crippen molar-refractivity contribution in [2.45, 2.75) is 52.4 Å². The molecule has 1 fully saturated rings. The van der Waals surface area contributed by atoms with E-state index in [2.05, 4.69) is 29.2 Å². The molecule has 2 heterocycles. The van der Waals surface area contributed by atoms with Crippen LogP contribution in [0, 0.1) is 0 Å². The second-order valence-electron chi connectivity index (χ2n) is 8.78. The van der Waals surface area contributed by atoms with Crippen molar-refractivity contribution in [3.05, 3.63) is 46.8 Å². The summed E-state index contributed by atoms with van der Waals surface area (Å²) in [6.45, 7) is 11.5. The summed E-state index contributed by atoms with van der Waals surface area (Å²) >= 11 is 1.80. The van der Waals surface area contributed by atoms with Gasteiger partial charge in [-0.05, 0) is 57.0 Å². The van der Waals surface area contributed by atoms with Crippen molar-refractivity contribution in [2.75, 3.05) is 19.6 Å². The van der Waals surface area contributed by atoms with E-state index < -0.39 is 6.09 Å². The molecule has 1 aromatic heterocycles. The number of nitrogens with two attached hydrogens (primary N) is 1. The SMILES string of the molecule is C[C@H]1CN(Cc2ccc(-c3cccc(CN)c3)s2)CC[N+]1(C(=O)[O-])C(C)(C)C. The van der Waals surface area contributed by atoms with E-state index in [0.29, 0.717) is 13.1 Å². The molecule has 0 aliphatic carbocycles. The van der Waals surface area contributed by atoms with Crippen molar-refractivity contribution < 1.29 is 14.4 Å². The Morgan fingerprint density at radius 2 is 2.07 bits per heavy atom. The molecule has 0 spiro atoms. The highest BCUT2D eigenvalue weighted by atomic mass is 32.1. The Morgan fingerprint density at radius 1 is 1.32 bits per heavy atom. The zero-order valence-electron chi connectivity index (χ0n) is 17.3. The average Bonchev–Trinajstić information content (AvgIpc) is 3.09. The van der Waals surface area contributed by atoms with Gasteiger partial charge in [-0.2, -0.15) is 0 Å². The van der Waals surface area contributed by atoms with Gasteiger partial charge in [-0.3, -0.25) is 9.38 Å². The molecule has 6 heteroatoms. The van der Waals surface area contributed by atoms with Crippen LogP contribution < -0.4 is 10.8 Å². The van der Waals surface area contributed by atoms with Gasteiger partial charge < -0.3 is 15.6 Å². The number of carbonyl (C=O) groups is 1. The highest BCUT2D eigenvalue weighted by Crippen LogP contribution is 2.33. The van der Waals surface area contributed by atoms with Crippen molar-refractivity contribution in [1.29, 1.82) is 0 Å². The topological polar surface area (TPSA) is 69.4 Å². The van der Waals surface area contributed by atoms with E-state index in [4.69, 9.17) is 5.73 Å². The first-order valence-corrected chi connectivity index (χ1v) is 10.7. The van der Waals surface area contributed by atoms with Crippen LogP contribution >= 0.6 is 11.3 Å². The van der Waals surface area contributed by atoms with E-state index in [1.807, 2.05) is 39.8 Å². The van der Waals surface area contributed by atoms with Gasteiger partial charge in [0.05, 0.1) is 18.6 Å². The van der Waals surface area contributed by atoms with E-state index in [9.17, 15) is 9.90 Å². The molecule has 3 rings (SSSR count). The monoisotopic (exact) mass is 401 g/mol.